The Morgan fingerprint density at radius 3 is 2.12 bits per heavy atom. The van der Waals surface area contributed by atoms with Crippen molar-refractivity contribution >= 4 is 35.1 Å². The third kappa shape index (κ3) is 3.64. The molecule has 25 heavy (non-hydrogen) atoms. The van der Waals surface area contributed by atoms with Crippen LogP contribution in [-0.4, -0.2) is 33.2 Å². The fourth-order valence-corrected chi connectivity index (χ4v) is 3.97. The molecule has 1 aliphatic rings. The van der Waals surface area contributed by atoms with Crippen LogP contribution in [0, 0.1) is 0 Å². The van der Waals surface area contributed by atoms with Gasteiger partial charge in [0, 0.05) is 16.8 Å². The van der Waals surface area contributed by atoms with Crippen LogP contribution in [-0.2, 0) is 31.9 Å². The summed E-state index contributed by atoms with van der Waals surface area (Å²) >= 11 is 1.66. The van der Waals surface area contributed by atoms with Gasteiger partial charge in [-0.25, -0.2) is 0 Å². The fraction of sp³-hybridized carbons (Fsp3) is 0.263. The molecule has 0 fully saturated rings. The van der Waals surface area contributed by atoms with Crippen LogP contribution >= 0.6 is 11.8 Å². The summed E-state index contributed by atoms with van der Waals surface area (Å²) < 4.78 is 9.48. The molecule has 6 heteroatoms. The van der Waals surface area contributed by atoms with Crippen molar-refractivity contribution in [3.05, 3.63) is 47.5 Å². The van der Waals surface area contributed by atoms with Gasteiger partial charge in [0.25, 0.3) is 0 Å². The third-order valence-electron chi connectivity index (χ3n) is 4.14. The number of carbonyl (C=O) groups is 2. The molecule has 0 aromatic heterocycles. The van der Waals surface area contributed by atoms with Crippen LogP contribution in [0.2, 0.25) is 0 Å². The summed E-state index contributed by atoms with van der Waals surface area (Å²) in [7, 11) is 4.79. The maximum Gasteiger partial charge on any atom is 0.309 e. The van der Waals surface area contributed by atoms with E-state index < -0.39 is 0 Å². The number of hydrogen-bond acceptors (Lipinski definition) is 6. The van der Waals surface area contributed by atoms with Crippen LogP contribution < -0.4 is 4.90 Å². The second-order valence-electron chi connectivity index (χ2n) is 5.77. The Labute approximate surface area is 150 Å². The van der Waals surface area contributed by atoms with Gasteiger partial charge in [-0.1, -0.05) is 23.9 Å². The van der Waals surface area contributed by atoms with Crippen molar-refractivity contribution in [3.63, 3.8) is 0 Å². The van der Waals surface area contributed by atoms with Gasteiger partial charge < -0.3 is 14.4 Å². The minimum Gasteiger partial charge on any atom is -0.469 e. The van der Waals surface area contributed by atoms with Crippen LogP contribution in [0.25, 0.3) is 0 Å². The molecular formula is C19H19NO4S. The van der Waals surface area contributed by atoms with Crippen LogP contribution in [0.3, 0.4) is 0 Å². The molecule has 0 unspecified atom stereocenters. The van der Waals surface area contributed by atoms with Gasteiger partial charge in [0.05, 0.1) is 38.4 Å². The number of esters is 2. The molecule has 2 aromatic rings. The van der Waals surface area contributed by atoms with Crippen LogP contribution in [0.5, 0.6) is 0 Å². The molecule has 1 aliphatic heterocycles. The minimum absolute atomic E-state index is 0.248. The highest BCUT2D eigenvalue weighted by atomic mass is 32.2. The van der Waals surface area contributed by atoms with E-state index >= 15 is 0 Å². The summed E-state index contributed by atoms with van der Waals surface area (Å²) in [6.45, 7) is 0. The van der Waals surface area contributed by atoms with Gasteiger partial charge in [0.15, 0.2) is 0 Å². The molecule has 0 radical (unpaired) electrons. The number of hydrogen-bond donors (Lipinski definition) is 0. The average molecular weight is 357 g/mol. The molecule has 5 nitrogen and oxygen atoms in total. The van der Waals surface area contributed by atoms with Gasteiger partial charge in [-0.05, 0) is 35.4 Å². The SMILES string of the molecule is COC(=O)Cc1ccc2c(c1)Sc1ccc(CC(=O)OC)cc1N2C. The first kappa shape index (κ1) is 17.4. The van der Waals surface area contributed by atoms with Crippen molar-refractivity contribution in [2.45, 2.75) is 22.6 Å². The second-order valence-corrected chi connectivity index (χ2v) is 6.85. The first-order valence-electron chi connectivity index (χ1n) is 7.83. The monoisotopic (exact) mass is 357 g/mol. The highest BCUT2D eigenvalue weighted by Gasteiger charge is 2.22. The maximum absolute atomic E-state index is 11.5. The summed E-state index contributed by atoms with van der Waals surface area (Å²) in [5.41, 5.74) is 3.97. The Kier molecular flexibility index (Phi) is 4.99. The summed E-state index contributed by atoms with van der Waals surface area (Å²) in [6.07, 6.45) is 0.520. The molecule has 0 amide bonds. The van der Waals surface area contributed by atoms with E-state index in [0.29, 0.717) is 0 Å². The Balaban J connectivity index is 1.89. The van der Waals surface area contributed by atoms with Gasteiger partial charge in [-0.2, -0.15) is 0 Å². The molecule has 0 aliphatic carbocycles. The van der Waals surface area contributed by atoms with Gasteiger partial charge in [0.1, 0.15) is 0 Å². The second kappa shape index (κ2) is 7.19. The lowest BCUT2D eigenvalue weighted by Gasteiger charge is -2.30. The number of fused-ring (bicyclic) bond motifs is 2. The van der Waals surface area contributed by atoms with E-state index in [4.69, 9.17) is 9.47 Å². The van der Waals surface area contributed by atoms with Gasteiger partial charge >= 0.3 is 11.9 Å². The van der Waals surface area contributed by atoms with E-state index in [-0.39, 0.29) is 24.8 Å². The molecule has 0 atom stereocenters. The summed E-state index contributed by atoms with van der Waals surface area (Å²) in [5.74, 6) is -0.499. The van der Waals surface area contributed by atoms with E-state index in [2.05, 4.69) is 4.90 Å². The minimum atomic E-state index is -0.251. The number of methoxy groups -OCH3 is 2. The smallest absolute Gasteiger partial charge is 0.309 e. The molecule has 0 saturated heterocycles. The first-order valence-corrected chi connectivity index (χ1v) is 8.64. The predicted molar refractivity (Wildman–Crippen MR) is 96.5 cm³/mol. The van der Waals surface area contributed by atoms with Crippen LogP contribution in [0.1, 0.15) is 11.1 Å². The molecule has 1 heterocycles. The number of nitrogens with zero attached hydrogens (tertiary/aromatic N) is 1. The van der Waals surface area contributed by atoms with Crippen LogP contribution in [0.4, 0.5) is 11.4 Å². The number of rotatable bonds is 4. The number of benzene rings is 2. The summed E-state index contributed by atoms with van der Waals surface area (Å²) in [5, 5.41) is 0. The van der Waals surface area contributed by atoms with E-state index in [1.807, 2.05) is 43.4 Å². The molecule has 0 bridgehead atoms. The number of carbonyl (C=O) groups excluding carboxylic acids is 2. The first-order chi connectivity index (χ1) is 12.0. The summed E-state index contributed by atoms with van der Waals surface area (Å²) in [4.78, 5) is 27.3. The van der Waals surface area contributed by atoms with Crippen LogP contribution in [0.15, 0.2) is 46.2 Å². The van der Waals surface area contributed by atoms with Gasteiger partial charge in [0.2, 0.25) is 0 Å². The normalized spacial score (nSPS) is 12.2. The largest absolute Gasteiger partial charge is 0.469 e. The zero-order chi connectivity index (χ0) is 18.0. The van der Waals surface area contributed by atoms with Crippen molar-refractivity contribution in [1.29, 1.82) is 0 Å². The van der Waals surface area contributed by atoms with Crippen molar-refractivity contribution in [1.82, 2.24) is 0 Å². The maximum atomic E-state index is 11.5. The Hall–Kier alpha value is -2.47. The molecule has 0 spiro atoms. The van der Waals surface area contributed by atoms with E-state index in [1.54, 1.807) is 11.8 Å². The zero-order valence-electron chi connectivity index (χ0n) is 14.4. The van der Waals surface area contributed by atoms with E-state index in [1.165, 1.54) is 14.2 Å². The van der Waals surface area contributed by atoms with Crippen molar-refractivity contribution in [2.75, 3.05) is 26.2 Å². The number of ether oxygens (including phenoxy) is 2. The fourth-order valence-electron chi connectivity index (χ4n) is 2.77. The summed E-state index contributed by atoms with van der Waals surface area (Å²) in [6, 6.07) is 12.0. The lowest BCUT2D eigenvalue weighted by molar-refractivity contribution is -0.140. The quantitative estimate of drug-likeness (QED) is 0.782. The highest BCUT2D eigenvalue weighted by molar-refractivity contribution is 7.99. The average Bonchev–Trinajstić information content (AvgIpc) is 2.62. The number of anilines is 2. The standard InChI is InChI=1S/C19H19NO4S/c1-20-14-6-4-13(11-19(22)24-3)9-17(14)25-16-7-5-12(8-15(16)20)10-18(21)23-2/h4-9H,10-11H2,1-3H3. The molecular weight excluding hydrogens is 338 g/mol. The predicted octanol–water partition coefficient (Wildman–Crippen LogP) is 3.35. The molecule has 3 rings (SSSR count). The van der Waals surface area contributed by atoms with Gasteiger partial charge in [-0.3, -0.25) is 9.59 Å². The molecule has 0 saturated carbocycles. The van der Waals surface area contributed by atoms with Crippen molar-refractivity contribution < 1.29 is 19.1 Å². The van der Waals surface area contributed by atoms with E-state index in [0.717, 1.165) is 32.3 Å². The molecule has 2 aromatic carbocycles. The molecule has 0 N–H and O–H groups in total. The molecule has 130 valence electrons. The lowest BCUT2D eigenvalue weighted by atomic mass is 10.1. The Bertz CT molecular complexity index is 834. The highest BCUT2D eigenvalue weighted by Crippen LogP contribution is 2.47. The van der Waals surface area contributed by atoms with E-state index in [9.17, 15) is 9.59 Å². The zero-order valence-corrected chi connectivity index (χ0v) is 15.2. The Morgan fingerprint density at radius 1 is 0.880 bits per heavy atom. The van der Waals surface area contributed by atoms with Crippen molar-refractivity contribution in [2.24, 2.45) is 0 Å². The van der Waals surface area contributed by atoms with Crippen molar-refractivity contribution in [3.8, 4) is 0 Å². The van der Waals surface area contributed by atoms with Gasteiger partial charge in [-0.15, -0.1) is 0 Å². The third-order valence-corrected chi connectivity index (χ3v) is 5.25. The topological polar surface area (TPSA) is 55.8 Å². The lowest BCUT2D eigenvalue weighted by Crippen LogP contribution is -2.16. The Morgan fingerprint density at radius 2 is 1.48 bits per heavy atom.